The van der Waals surface area contributed by atoms with Crippen molar-refractivity contribution in [2.75, 3.05) is 0 Å². The average molecular weight is 380 g/mol. The molecule has 0 aromatic heterocycles. The molecule has 0 bridgehead atoms. The minimum Gasteiger partial charge on any atom is -0.166 e. The summed E-state index contributed by atoms with van der Waals surface area (Å²) in [5.41, 5.74) is 7.80. The lowest BCUT2D eigenvalue weighted by atomic mass is 9.83. The minimum absolute atomic E-state index is 0.609. The highest BCUT2D eigenvalue weighted by Crippen LogP contribution is 2.37. The van der Waals surface area contributed by atoms with Gasteiger partial charge < -0.3 is 0 Å². The quantitative estimate of drug-likeness (QED) is 0.440. The first kappa shape index (κ1) is 18.8. The van der Waals surface area contributed by atoms with E-state index in [2.05, 4.69) is 37.3 Å². The summed E-state index contributed by atoms with van der Waals surface area (Å²) in [5, 5.41) is 0. The lowest BCUT2D eigenvalue weighted by molar-refractivity contribution is -0.137. The van der Waals surface area contributed by atoms with Crippen LogP contribution in [0.1, 0.15) is 42.0 Å². The number of alkyl halides is 3. The summed E-state index contributed by atoms with van der Waals surface area (Å²) >= 11 is 0. The van der Waals surface area contributed by atoms with Gasteiger partial charge in [0.2, 0.25) is 0 Å². The first-order valence-electron chi connectivity index (χ1n) is 9.88. The molecule has 1 aliphatic rings. The van der Waals surface area contributed by atoms with Gasteiger partial charge in [-0.1, -0.05) is 61.9 Å². The van der Waals surface area contributed by atoms with E-state index in [1.54, 1.807) is 12.1 Å². The summed E-state index contributed by atoms with van der Waals surface area (Å²) in [4.78, 5) is 0. The zero-order valence-electron chi connectivity index (χ0n) is 15.9. The maximum Gasteiger partial charge on any atom is 0.416 e. The summed E-state index contributed by atoms with van der Waals surface area (Å²) < 4.78 is 38.4. The fourth-order valence-corrected chi connectivity index (χ4v) is 4.02. The highest BCUT2D eigenvalue weighted by atomic mass is 19.4. The van der Waals surface area contributed by atoms with Crippen LogP contribution in [0.3, 0.4) is 0 Å². The first-order valence-corrected chi connectivity index (χ1v) is 9.88. The minimum atomic E-state index is -4.30. The van der Waals surface area contributed by atoms with Gasteiger partial charge in [0.25, 0.3) is 0 Å². The monoisotopic (exact) mass is 380 g/mol. The summed E-state index contributed by atoms with van der Waals surface area (Å²) in [5.74, 6) is 0. The van der Waals surface area contributed by atoms with Crippen LogP contribution in [0.2, 0.25) is 0 Å². The van der Waals surface area contributed by atoms with Crippen LogP contribution in [0.25, 0.3) is 22.3 Å². The molecule has 0 radical (unpaired) electrons. The van der Waals surface area contributed by atoms with Crippen LogP contribution in [0.15, 0.2) is 60.7 Å². The van der Waals surface area contributed by atoms with Crippen LogP contribution < -0.4 is 0 Å². The third kappa shape index (κ3) is 3.71. The SMILES string of the molecule is CCCCc1ccc2c(c1)CCc1cc(-c3ccc(C(F)(F)F)cc3)ccc1-2. The molecule has 0 heterocycles. The van der Waals surface area contributed by atoms with E-state index in [4.69, 9.17) is 0 Å². The van der Waals surface area contributed by atoms with E-state index >= 15 is 0 Å². The van der Waals surface area contributed by atoms with Gasteiger partial charge in [0.1, 0.15) is 0 Å². The summed E-state index contributed by atoms with van der Waals surface area (Å²) in [6.07, 6.45) is 1.23. The van der Waals surface area contributed by atoms with Crippen LogP contribution in [0.5, 0.6) is 0 Å². The third-order valence-corrected chi connectivity index (χ3v) is 5.59. The molecule has 0 saturated heterocycles. The second kappa shape index (κ2) is 7.46. The lowest BCUT2D eigenvalue weighted by Gasteiger charge is -2.22. The van der Waals surface area contributed by atoms with Gasteiger partial charge in [-0.25, -0.2) is 0 Å². The topological polar surface area (TPSA) is 0 Å². The summed E-state index contributed by atoms with van der Waals surface area (Å²) in [6.45, 7) is 2.21. The Balaban J connectivity index is 1.63. The molecular formula is C25H23F3. The van der Waals surface area contributed by atoms with Crippen LogP contribution in [0.4, 0.5) is 13.2 Å². The van der Waals surface area contributed by atoms with E-state index < -0.39 is 11.7 Å². The number of benzene rings is 3. The molecule has 0 atom stereocenters. The average Bonchev–Trinajstić information content (AvgIpc) is 2.71. The van der Waals surface area contributed by atoms with Crippen LogP contribution in [-0.2, 0) is 25.4 Å². The lowest BCUT2D eigenvalue weighted by Crippen LogP contribution is -2.05. The molecule has 3 aromatic rings. The van der Waals surface area contributed by atoms with Crippen molar-refractivity contribution in [2.24, 2.45) is 0 Å². The summed E-state index contributed by atoms with van der Waals surface area (Å²) in [7, 11) is 0. The Bertz CT molecular complexity index is 982. The van der Waals surface area contributed by atoms with Gasteiger partial charge in [-0.2, -0.15) is 13.2 Å². The molecule has 3 heteroatoms. The van der Waals surface area contributed by atoms with E-state index in [1.807, 2.05) is 6.07 Å². The molecular weight excluding hydrogens is 357 g/mol. The van der Waals surface area contributed by atoms with Gasteiger partial charge in [0.05, 0.1) is 5.56 Å². The number of unbranched alkanes of at least 4 members (excludes halogenated alkanes) is 1. The highest BCUT2D eigenvalue weighted by Gasteiger charge is 2.30. The van der Waals surface area contributed by atoms with Crippen molar-refractivity contribution < 1.29 is 13.2 Å². The molecule has 28 heavy (non-hydrogen) atoms. The number of aryl methyl sites for hydroxylation is 3. The normalized spacial score (nSPS) is 13.1. The van der Waals surface area contributed by atoms with Crippen LogP contribution >= 0.6 is 0 Å². The fourth-order valence-electron chi connectivity index (χ4n) is 4.02. The molecule has 0 spiro atoms. The van der Waals surface area contributed by atoms with Gasteiger partial charge in [-0.15, -0.1) is 0 Å². The molecule has 1 aliphatic carbocycles. The molecule has 0 saturated carbocycles. The molecule has 3 aromatic carbocycles. The van der Waals surface area contributed by atoms with Crippen LogP contribution in [-0.4, -0.2) is 0 Å². The van der Waals surface area contributed by atoms with Crippen molar-refractivity contribution in [3.63, 3.8) is 0 Å². The molecule has 144 valence electrons. The Morgan fingerprint density at radius 1 is 0.750 bits per heavy atom. The van der Waals surface area contributed by atoms with Crippen molar-refractivity contribution >= 4 is 0 Å². The van der Waals surface area contributed by atoms with Crippen molar-refractivity contribution in [1.82, 2.24) is 0 Å². The number of hydrogen-bond donors (Lipinski definition) is 0. The zero-order valence-corrected chi connectivity index (χ0v) is 15.9. The first-order chi connectivity index (χ1) is 13.5. The molecule has 0 aliphatic heterocycles. The molecule has 0 nitrogen and oxygen atoms in total. The molecule has 0 amide bonds. The fraction of sp³-hybridized carbons (Fsp3) is 0.280. The van der Waals surface area contributed by atoms with Gasteiger partial charge >= 0.3 is 6.18 Å². The zero-order chi connectivity index (χ0) is 19.7. The molecule has 0 fully saturated rings. The van der Waals surface area contributed by atoms with Gasteiger partial charge in [-0.3, -0.25) is 0 Å². The Labute approximate surface area is 164 Å². The molecule has 0 unspecified atom stereocenters. The maximum atomic E-state index is 12.8. The van der Waals surface area contributed by atoms with E-state index in [0.717, 1.165) is 42.5 Å². The number of fused-ring (bicyclic) bond motifs is 3. The van der Waals surface area contributed by atoms with Crippen LogP contribution in [0, 0.1) is 0 Å². The number of rotatable bonds is 4. The second-order valence-electron chi connectivity index (χ2n) is 7.54. The smallest absolute Gasteiger partial charge is 0.166 e. The van der Waals surface area contributed by atoms with E-state index in [9.17, 15) is 13.2 Å². The molecule has 4 rings (SSSR count). The highest BCUT2D eigenvalue weighted by molar-refractivity contribution is 5.77. The van der Waals surface area contributed by atoms with E-state index in [0.29, 0.717) is 0 Å². The number of halogens is 3. The predicted molar refractivity (Wildman–Crippen MR) is 108 cm³/mol. The maximum absolute atomic E-state index is 12.8. The van der Waals surface area contributed by atoms with Gasteiger partial charge in [0.15, 0.2) is 0 Å². The van der Waals surface area contributed by atoms with Gasteiger partial charge in [-0.05, 0) is 76.8 Å². The standard InChI is InChI=1S/C25H23F3/c1-2-3-4-17-5-13-23-20(15-17)6-7-21-16-19(10-14-24(21)23)18-8-11-22(12-9-18)25(26,27)28/h5,8-16H,2-4,6-7H2,1H3. The van der Waals surface area contributed by atoms with Crippen molar-refractivity contribution in [2.45, 2.75) is 45.2 Å². The van der Waals surface area contributed by atoms with E-state index in [1.165, 1.54) is 40.7 Å². The Kier molecular flexibility index (Phi) is 5.01. The Morgan fingerprint density at radius 3 is 2.00 bits per heavy atom. The second-order valence-corrected chi connectivity index (χ2v) is 7.54. The summed E-state index contributed by atoms with van der Waals surface area (Å²) in [6, 6.07) is 18.5. The largest absolute Gasteiger partial charge is 0.416 e. The van der Waals surface area contributed by atoms with Crippen molar-refractivity contribution in [1.29, 1.82) is 0 Å². The van der Waals surface area contributed by atoms with Gasteiger partial charge in [0, 0.05) is 0 Å². The van der Waals surface area contributed by atoms with Crippen molar-refractivity contribution in [3.8, 4) is 22.3 Å². The number of hydrogen-bond acceptors (Lipinski definition) is 0. The molecule has 0 N–H and O–H groups in total. The van der Waals surface area contributed by atoms with Crippen molar-refractivity contribution in [3.05, 3.63) is 82.9 Å². The Morgan fingerprint density at radius 2 is 1.36 bits per heavy atom. The third-order valence-electron chi connectivity index (χ3n) is 5.59. The Hall–Kier alpha value is -2.55. The van der Waals surface area contributed by atoms with E-state index in [-0.39, 0.29) is 0 Å². The predicted octanol–water partition coefficient (Wildman–Crippen LogP) is 7.48.